The van der Waals surface area contributed by atoms with Gasteiger partial charge >= 0.3 is 0 Å². The third-order valence-corrected chi connectivity index (χ3v) is 5.50. The molecular weight excluding hydrogens is 348 g/mol. The van der Waals surface area contributed by atoms with Crippen molar-refractivity contribution in [3.8, 4) is 0 Å². The molecule has 0 spiro atoms. The van der Waals surface area contributed by atoms with E-state index in [1.165, 1.54) is 24.6 Å². The van der Waals surface area contributed by atoms with E-state index in [4.69, 9.17) is 0 Å². The van der Waals surface area contributed by atoms with Crippen LogP contribution in [0.25, 0.3) is 0 Å². The zero-order chi connectivity index (χ0) is 19.3. The quantitative estimate of drug-likeness (QED) is 0.772. The fourth-order valence-electron chi connectivity index (χ4n) is 2.70. The molecule has 2 aromatic rings. The second-order valence-electron chi connectivity index (χ2n) is 6.89. The van der Waals surface area contributed by atoms with E-state index in [-0.39, 0.29) is 16.8 Å². The van der Waals surface area contributed by atoms with Gasteiger partial charge < -0.3 is 5.32 Å². The molecule has 0 fully saturated rings. The van der Waals surface area contributed by atoms with Gasteiger partial charge in [-0.05, 0) is 54.7 Å². The standard InChI is InChI=1S/C20H26N2O3S/c1-14(2)13-17-5-7-18(8-6-17)15(3)22-26(24,25)20-11-9-19(10-12-20)21-16(4)23/h5-12,14-15,22H,13H2,1-4H3,(H,21,23). The highest BCUT2D eigenvalue weighted by molar-refractivity contribution is 7.89. The van der Waals surface area contributed by atoms with Crippen molar-refractivity contribution in [3.05, 3.63) is 59.7 Å². The Kier molecular flexibility index (Phi) is 6.56. The molecule has 2 rings (SSSR count). The highest BCUT2D eigenvalue weighted by Gasteiger charge is 2.18. The Bertz CT molecular complexity index is 842. The summed E-state index contributed by atoms with van der Waals surface area (Å²) >= 11 is 0. The smallest absolute Gasteiger partial charge is 0.241 e. The van der Waals surface area contributed by atoms with Gasteiger partial charge in [0, 0.05) is 18.7 Å². The van der Waals surface area contributed by atoms with E-state index in [9.17, 15) is 13.2 Å². The van der Waals surface area contributed by atoms with Crippen molar-refractivity contribution in [3.63, 3.8) is 0 Å². The van der Waals surface area contributed by atoms with Gasteiger partial charge in [0.15, 0.2) is 0 Å². The first-order valence-corrected chi connectivity index (χ1v) is 10.1. The van der Waals surface area contributed by atoms with Crippen molar-refractivity contribution in [2.75, 3.05) is 5.32 Å². The van der Waals surface area contributed by atoms with Crippen LogP contribution in [-0.4, -0.2) is 14.3 Å². The Hall–Kier alpha value is -2.18. The van der Waals surface area contributed by atoms with Crippen molar-refractivity contribution in [1.82, 2.24) is 4.72 Å². The number of nitrogens with one attached hydrogen (secondary N) is 2. The van der Waals surface area contributed by atoms with Gasteiger partial charge in [-0.15, -0.1) is 0 Å². The lowest BCUT2D eigenvalue weighted by atomic mass is 10.0. The van der Waals surface area contributed by atoms with Crippen molar-refractivity contribution in [2.45, 2.75) is 45.1 Å². The van der Waals surface area contributed by atoms with Crippen LogP contribution < -0.4 is 10.0 Å². The number of carbonyl (C=O) groups excluding carboxylic acids is 1. The number of carbonyl (C=O) groups is 1. The lowest BCUT2D eigenvalue weighted by Crippen LogP contribution is -2.26. The first kappa shape index (κ1) is 20.1. The summed E-state index contributed by atoms with van der Waals surface area (Å²) in [5.41, 5.74) is 2.72. The molecule has 0 aromatic heterocycles. The van der Waals surface area contributed by atoms with Gasteiger partial charge in [-0.25, -0.2) is 13.1 Å². The molecule has 1 atom stereocenters. The van der Waals surface area contributed by atoms with E-state index in [0.29, 0.717) is 11.6 Å². The molecule has 26 heavy (non-hydrogen) atoms. The van der Waals surface area contributed by atoms with Gasteiger partial charge in [-0.2, -0.15) is 0 Å². The molecule has 0 aliphatic carbocycles. The van der Waals surface area contributed by atoms with E-state index in [0.717, 1.165) is 12.0 Å². The number of hydrogen-bond acceptors (Lipinski definition) is 3. The van der Waals surface area contributed by atoms with E-state index < -0.39 is 10.0 Å². The predicted octanol–water partition coefficient (Wildman–Crippen LogP) is 3.88. The molecule has 0 bridgehead atoms. The lowest BCUT2D eigenvalue weighted by Gasteiger charge is -2.16. The molecular formula is C20H26N2O3S. The Balaban J connectivity index is 2.09. The first-order valence-electron chi connectivity index (χ1n) is 8.66. The van der Waals surface area contributed by atoms with Gasteiger partial charge in [0.25, 0.3) is 0 Å². The van der Waals surface area contributed by atoms with E-state index in [1.54, 1.807) is 12.1 Å². The summed E-state index contributed by atoms with van der Waals surface area (Å²) in [7, 11) is -3.64. The zero-order valence-electron chi connectivity index (χ0n) is 15.6. The number of benzene rings is 2. The van der Waals surface area contributed by atoms with Gasteiger partial charge in [0.1, 0.15) is 0 Å². The summed E-state index contributed by atoms with van der Waals surface area (Å²) in [6.07, 6.45) is 1.00. The summed E-state index contributed by atoms with van der Waals surface area (Å²) < 4.78 is 27.8. The van der Waals surface area contributed by atoms with Crippen molar-refractivity contribution in [2.24, 2.45) is 5.92 Å². The van der Waals surface area contributed by atoms with E-state index >= 15 is 0 Å². The van der Waals surface area contributed by atoms with Crippen LogP contribution in [0.1, 0.15) is 44.9 Å². The number of amides is 1. The maximum absolute atomic E-state index is 12.6. The molecule has 2 N–H and O–H groups in total. The average Bonchev–Trinajstić information content (AvgIpc) is 2.54. The van der Waals surface area contributed by atoms with Gasteiger partial charge in [-0.1, -0.05) is 38.1 Å². The molecule has 0 saturated heterocycles. The highest BCUT2D eigenvalue weighted by atomic mass is 32.2. The van der Waals surface area contributed by atoms with Gasteiger partial charge in [0.05, 0.1) is 4.90 Å². The Morgan fingerprint density at radius 3 is 2.04 bits per heavy atom. The second-order valence-corrected chi connectivity index (χ2v) is 8.60. The molecule has 0 saturated carbocycles. The van der Waals surface area contributed by atoms with Crippen LogP contribution in [0.2, 0.25) is 0 Å². The monoisotopic (exact) mass is 374 g/mol. The van der Waals surface area contributed by atoms with Crippen LogP contribution in [0.5, 0.6) is 0 Å². The fraction of sp³-hybridized carbons (Fsp3) is 0.350. The molecule has 1 unspecified atom stereocenters. The van der Waals surface area contributed by atoms with Crippen molar-refractivity contribution in [1.29, 1.82) is 0 Å². The third kappa shape index (κ3) is 5.68. The third-order valence-electron chi connectivity index (χ3n) is 3.94. The maximum atomic E-state index is 12.6. The van der Waals surface area contributed by atoms with Crippen molar-refractivity contribution >= 4 is 21.6 Å². The van der Waals surface area contributed by atoms with Crippen LogP contribution in [-0.2, 0) is 21.2 Å². The number of anilines is 1. The predicted molar refractivity (Wildman–Crippen MR) is 104 cm³/mol. The molecule has 0 radical (unpaired) electrons. The summed E-state index contributed by atoms with van der Waals surface area (Å²) in [6, 6.07) is 13.8. The summed E-state index contributed by atoms with van der Waals surface area (Å²) in [5, 5.41) is 2.61. The maximum Gasteiger partial charge on any atom is 0.241 e. The minimum absolute atomic E-state index is 0.162. The SMILES string of the molecule is CC(=O)Nc1ccc(S(=O)(=O)NC(C)c2ccc(CC(C)C)cc2)cc1. The Labute approximate surface area is 155 Å². The number of hydrogen-bond donors (Lipinski definition) is 2. The number of sulfonamides is 1. The first-order chi connectivity index (χ1) is 12.2. The molecule has 5 nitrogen and oxygen atoms in total. The van der Waals surface area contributed by atoms with Crippen LogP contribution >= 0.6 is 0 Å². The summed E-state index contributed by atoms with van der Waals surface area (Å²) in [5.74, 6) is 0.380. The van der Waals surface area contributed by atoms with E-state index in [2.05, 4.69) is 23.9 Å². The molecule has 0 aliphatic heterocycles. The van der Waals surface area contributed by atoms with Gasteiger partial charge in [0.2, 0.25) is 15.9 Å². The molecule has 140 valence electrons. The summed E-state index contributed by atoms with van der Waals surface area (Å²) in [4.78, 5) is 11.2. The van der Waals surface area contributed by atoms with Crippen LogP contribution in [0, 0.1) is 5.92 Å². The van der Waals surface area contributed by atoms with Crippen LogP contribution in [0.3, 0.4) is 0 Å². The second kappa shape index (κ2) is 8.47. The molecule has 0 aliphatic rings. The average molecular weight is 375 g/mol. The normalized spacial score (nSPS) is 12.8. The lowest BCUT2D eigenvalue weighted by molar-refractivity contribution is -0.114. The molecule has 6 heteroatoms. The zero-order valence-corrected chi connectivity index (χ0v) is 16.4. The van der Waals surface area contributed by atoms with Crippen molar-refractivity contribution < 1.29 is 13.2 Å². The molecule has 2 aromatic carbocycles. The molecule has 0 heterocycles. The minimum atomic E-state index is -3.64. The van der Waals surface area contributed by atoms with Gasteiger partial charge in [-0.3, -0.25) is 4.79 Å². The fourth-order valence-corrected chi connectivity index (χ4v) is 3.94. The van der Waals surface area contributed by atoms with Crippen LogP contribution in [0.15, 0.2) is 53.4 Å². The molecule has 1 amide bonds. The number of rotatable bonds is 7. The Morgan fingerprint density at radius 1 is 0.962 bits per heavy atom. The van der Waals surface area contributed by atoms with E-state index in [1.807, 2.05) is 31.2 Å². The largest absolute Gasteiger partial charge is 0.326 e. The topological polar surface area (TPSA) is 75.3 Å². The highest BCUT2D eigenvalue weighted by Crippen LogP contribution is 2.20. The minimum Gasteiger partial charge on any atom is -0.326 e. The van der Waals surface area contributed by atoms with Crippen LogP contribution in [0.4, 0.5) is 5.69 Å². The Morgan fingerprint density at radius 2 is 1.54 bits per heavy atom. The summed E-state index contributed by atoms with van der Waals surface area (Å²) in [6.45, 7) is 7.56.